The number of rotatable bonds is 1. The van der Waals surface area contributed by atoms with E-state index in [-0.39, 0.29) is 37.1 Å². The van der Waals surface area contributed by atoms with Crippen molar-refractivity contribution < 1.29 is 30.0 Å². The Hall–Kier alpha value is -2.64. The molecule has 0 saturated carbocycles. The molecule has 3 heterocycles. The van der Waals surface area contributed by atoms with Gasteiger partial charge in [0.25, 0.3) is 0 Å². The number of hydrogen-bond donors (Lipinski definition) is 1. The Morgan fingerprint density at radius 1 is 0.810 bits per heavy atom. The second-order valence-corrected chi connectivity index (χ2v) is 23.2. The van der Waals surface area contributed by atoms with E-state index in [1.165, 1.54) is 38.7 Å². The molecule has 6 rings (SSSR count). The summed E-state index contributed by atoms with van der Waals surface area (Å²) >= 11 is 0. The molecule has 1 radical (unpaired) electrons. The van der Waals surface area contributed by atoms with Crippen LogP contribution in [0.3, 0.4) is 0 Å². The van der Waals surface area contributed by atoms with Crippen LogP contribution in [-0.4, -0.2) is 32.0 Å². The first-order valence-corrected chi connectivity index (χ1v) is 20.5. The van der Waals surface area contributed by atoms with Gasteiger partial charge in [-0.25, -0.2) is 0 Å². The zero-order chi connectivity index (χ0) is 30.1. The summed E-state index contributed by atoms with van der Waals surface area (Å²) in [7, 11) is -3.65. The van der Waals surface area contributed by atoms with Gasteiger partial charge in [-0.05, 0) is 28.1 Å². The number of allylic oxidation sites excluding steroid dienone is 2. The van der Waals surface area contributed by atoms with Gasteiger partial charge in [-0.15, -0.1) is 22.9 Å². The molecule has 0 amide bonds. The first-order chi connectivity index (χ1) is 19.0. The van der Waals surface area contributed by atoms with Crippen LogP contribution in [0.15, 0.2) is 72.6 Å². The predicted octanol–water partition coefficient (Wildman–Crippen LogP) is 6.73. The Kier molecular flexibility index (Phi) is 8.31. The van der Waals surface area contributed by atoms with E-state index in [0.29, 0.717) is 0 Å². The van der Waals surface area contributed by atoms with Gasteiger partial charge in [0.15, 0.2) is 5.78 Å². The van der Waals surface area contributed by atoms with E-state index in [1.807, 2.05) is 47.7 Å². The number of pyridine rings is 1. The van der Waals surface area contributed by atoms with Crippen LogP contribution in [0.25, 0.3) is 33.2 Å². The summed E-state index contributed by atoms with van der Waals surface area (Å²) in [5, 5.41) is 18.4. The van der Waals surface area contributed by atoms with E-state index in [4.69, 9.17) is 4.98 Å². The Morgan fingerprint density at radius 3 is 2.02 bits per heavy atom. The molecule has 6 heteroatoms. The summed E-state index contributed by atoms with van der Waals surface area (Å²) in [6, 6.07) is 24.0. The Balaban J connectivity index is 0.000000249. The van der Waals surface area contributed by atoms with Crippen molar-refractivity contribution in [2.75, 3.05) is 0 Å². The molecule has 0 saturated heterocycles. The third kappa shape index (κ3) is 5.21. The smallest absolute Gasteiger partial charge is 0.164 e. The molecule has 0 spiro atoms. The summed E-state index contributed by atoms with van der Waals surface area (Å²) in [6.45, 7) is 21.1. The minimum absolute atomic E-state index is 0. The van der Waals surface area contributed by atoms with Gasteiger partial charge in [0.1, 0.15) is 13.8 Å². The van der Waals surface area contributed by atoms with Gasteiger partial charge < -0.3 is 10.1 Å². The summed E-state index contributed by atoms with van der Waals surface area (Å²) in [5.74, 6) is 0.104. The Bertz CT molecular complexity index is 1740. The molecular formula is C36H42IrNO2Si2-. The van der Waals surface area contributed by atoms with Gasteiger partial charge in [0.05, 0.1) is 8.07 Å². The van der Waals surface area contributed by atoms with Crippen LogP contribution < -0.4 is 20.7 Å². The van der Waals surface area contributed by atoms with E-state index < -0.39 is 21.6 Å². The van der Waals surface area contributed by atoms with Gasteiger partial charge in [-0.1, -0.05) is 131 Å². The standard InChI is InChI=1S/C25H22NSi2.C11H20O2.Ir/c1-27(2)19-10-7-11-20-22(19)23-21(27)14-15-26-24(23)18-13-12-16-8-5-6-9-17(16)25(18)28(20,3)4;1-10(2,3)8(12)7-9(13)11(4,5)6;/h5-12,14-15H,1-4H3;7,12H,1-6H3;/q-1;;/b;8-7-;. The summed E-state index contributed by atoms with van der Waals surface area (Å²) < 4.78 is 0. The maximum atomic E-state index is 11.5. The van der Waals surface area contributed by atoms with Crippen LogP contribution in [0.4, 0.5) is 0 Å². The van der Waals surface area contributed by atoms with Crippen molar-refractivity contribution >= 4 is 53.5 Å². The number of ketones is 1. The van der Waals surface area contributed by atoms with E-state index in [0.717, 1.165) is 5.69 Å². The van der Waals surface area contributed by atoms with Crippen LogP contribution in [0.5, 0.6) is 0 Å². The summed E-state index contributed by atoms with van der Waals surface area (Å²) in [6.07, 6.45) is 3.36. The van der Waals surface area contributed by atoms with Crippen LogP contribution in [0.1, 0.15) is 41.5 Å². The topological polar surface area (TPSA) is 50.2 Å². The quantitative estimate of drug-likeness (QED) is 0.101. The molecule has 0 fully saturated rings. The predicted molar refractivity (Wildman–Crippen MR) is 180 cm³/mol. The third-order valence-electron chi connectivity index (χ3n) is 8.77. The first-order valence-electron chi connectivity index (χ1n) is 14.5. The maximum absolute atomic E-state index is 11.5. The van der Waals surface area contributed by atoms with E-state index in [1.54, 1.807) is 15.6 Å². The number of nitrogens with zero attached hydrogens (tertiary/aromatic N) is 1. The van der Waals surface area contributed by atoms with Crippen molar-refractivity contribution in [3.8, 4) is 22.4 Å². The van der Waals surface area contributed by atoms with Crippen LogP contribution in [0, 0.1) is 16.9 Å². The monoisotopic (exact) mass is 769 g/mol. The minimum atomic E-state index is -1.95. The number of fused-ring (bicyclic) bond motifs is 4. The fourth-order valence-electron chi connectivity index (χ4n) is 6.17. The van der Waals surface area contributed by atoms with Crippen LogP contribution in [0.2, 0.25) is 26.2 Å². The average Bonchev–Trinajstić information content (AvgIpc) is 3.08. The number of aliphatic hydroxyl groups is 1. The zero-order valence-electron chi connectivity index (χ0n) is 26.5. The van der Waals surface area contributed by atoms with Crippen molar-refractivity contribution in [2.24, 2.45) is 10.8 Å². The molecule has 1 aromatic heterocycles. The molecule has 42 heavy (non-hydrogen) atoms. The number of aliphatic hydroxyl groups excluding tert-OH is 1. The average molecular weight is 769 g/mol. The maximum Gasteiger partial charge on any atom is 0.164 e. The van der Waals surface area contributed by atoms with Crippen molar-refractivity contribution in [3.63, 3.8) is 0 Å². The number of hydrogen-bond acceptors (Lipinski definition) is 3. The van der Waals surface area contributed by atoms with Crippen LogP contribution in [-0.2, 0) is 24.9 Å². The Labute approximate surface area is 266 Å². The number of carbonyl (C=O) groups excluding carboxylic acids is 1. The first kappa shape index (κ1) is 32.3. The number of carbonyl (C=O) groups is 1. The normalized spacial score (nSPS) is 15.9. The van der Waals surface area contributed by atoms with Gasteiger partial charge >= 0.3 is 0 Å². The van der Waals surface area contributed by atoms with Crippen molar-refractivity contribution in [3.05, 3.63) is 78.7 Å². The van der Waals surface area contributed by atoms with Crippen molar-refractivity contribution in [1.29, 1.82) is 0 Å². The second-order valence-electron chi connectivity index (χ2n) is 14.6. The molecule has 4 aromatic rings. The van der Waals surface area contributed by atoms with Gasteiger partial charge in [0.2, 0.25) is 0 Å². The molecule has 0 bridgehead atoms. The SMILES string of the molecule is CC(C)(C)C(=O)/C=C(\O)C(C)(C)C.C[Si]1(C)c2cccc3c2-c2c1ccnc2-c1[c-]cc2ccccc2c1[Si]3(C)C.[Ir]. The van der Waals surface area contributed by atoms with Crippen molar-refractivity contribution in [2.45, 2.75) is 67.7 Å². The fraction of sp³-hybridized carbons (Fsp3) is 0.333. The van der Waals surface area contributed by atoms with E-state index in [2.05, 4.69) is 86.9 Å². The third-order valence-corrected chi connectivity index (χ3v) is 15.8. The molecule has 3 nitrogen and oxygen atoms in total. The van der Waals surface area contributed by atoms with Crippen LogP contribution >= 0.6 is 0 Å². The zero-order valence-corrected chi connectivity index (χ0v) is 30.9. The van der Waals surface area contributed by atoms with Gasteiger partial charge in [-0.3, -0.25) is 4.79 Å². The second kappa shape index (κ2) is 10.8. The number of benzene rings is 3. The summed E-state index contributed by atoms with van der Waals surface area (Å²) in [5.41, 5.74) is 4.56. The fourth-order valence-corrected chi connectivity index (χ4v) is 12.7. The molecule has 2 aliphatic rings. The minimum Gasteiger partial charge on any atom is -0.512 e. The van der Waals surface area contributed by atoms with Gasteiger partial charge in [-0.2, -0.15) is 0 Å². The van der Waals surface area contributed by atoms with E-state index in [9.17, 15) is 9.90 Å². The largest absolute Gasteiger partial charge is 0.512 e. The summed E-state index contributed by atoms with van der Waals surface area (Å²) in [4.78, 5) is 16.5. The molecule has 0 aliphatic carbocycles. The molecule has 3 aromatic carbocycles. The number of aromatic nitrogens is 1. The van der Waals surface area contributed by atoms with E-state index >= 15 is 0 Å². The van der Waals surface area contributed by atoms with Gasteiger partial charge in [0, 0.05) is 43.2 Å². The Morgan fingerprint density at radius 2 is 1.40 bits per heavy atom. The molecule has 221 valence electrons. The molecule has 1 N–H and O–H groups in total. The molecule has 2 aliphatic heterocycles. The molecule has 0 unspecified atom stereocenters. The molecular weight excluding hydrogens is 727 g/mol. The van der Waals surface area contributed by atoms with Crippen molar-refractivity contribution in [1.82, 2.24) is 4.98 Å². The molecule has 0 atom stereocenters.